The molecule has 3 N–H and O–H groups in total. The first-order valence-electron chi connectivity index (χ1n) is 6.45. The van der Waals surface area contributed by atoms with Crippen LogP contribution in [0.25, 0.3) is 0 Å². The van der Waals surface area contributed by atoms with E-state index < -0.39 is 0 Å². The number of carbonyl (C=O) groups excluding carboxylic acids is 2. The van der Waals surface area contributed by atoms with Crippen molar-refractivity contribution in [3.05, 3.63) is 0 Å². The van der Waals surface area contributed by atoms with Gasteiger partial charge in [-0.3, -0.25) is 9.59 Å². The summed E-state index contributed by atoms with van der Waals surface area (Å²) in [6, 6.07) is 0.0376. The van der Waals surface area contributed by atoms with Crippen molar-refractivity contribution >= 4 is 11.8 Å². The van der Waals surface area contributed by atoms with E-state index in [2.05, 4.69) is 22.9 Å². The molecule has 2 heterocycles. The summed E-state index contributed by atoms with van der Waals surface area (Å²) >= 11 is 0. The van der Waals surface area contributed by atoms with E-state index in [1.165, 1.54) is 0 Å². The Morgan fingerprint density at radius 2 is 2.24 bits per heavy atom. The quantitative estimate of drug-likeness (QED) is 0.623. The van der Waals surface area contributed by atoms with Crippen LogP contribution in [-0.4, -0.2) is 37.0 Å². The van der Waals surface area contributed by atoms with Crippen molar-refractivity contribution < 1.29 is 9.59 Å². The maximum absolute atomic E-state index is 12.0. The zero-order valence-corrected chi connectivity index (χ0v) is 10.3. The number of piperidine rings is 2. The largest absolute Gasteiger partial charge is 0.354 e. The van der Waals surface area contributed by atoms with Gasteiger partial charge < -0.3 is 16.0 Å². The van der Waals surface area contributed by atoms with Crippen molar-refractivity contribution in [2.24, 2.45) is 5.92 Å². The van der Waals surface area contributed by atoms with Gasteiger partial charge in [0.2, 0.25) is 11.8 Å². The molecule has 2 aliphatic heterocycles. The van der Waals surface area contributed by atoms with Gasteiger partial charge in [-0.2, -0.15) is 0 Å². The van der Waals surface area contributed by atoms with E-state index in [1.807, 2.05) is 0 Å². The standard InChI is InChI=1S/C12H21N3O2/c1-8-4-5-13-10(6-8)12(17)15-9-2-3-11(16)14-7-9/h8-10,13H,2-7H2,1H3,(H,14,16)(H,15,17). The molecule has 2 aliphatic rings. The molecule has 96 valence electrons. The second kappa shape index (κ2) is 5.49. The van der Waals surface area contributed by atoms with Gasteiger partial charge in [0.05, 0.1) is 6.04 Å². The smallest absolute Gasteiger partial charge is 0.237 e. The van der Waals surface area contributed by atoms with Crippen molar-refractivity contribution in [3.8, 4) is 0 Å². The first kappa shape index (κ1) is 12.4. The molecule has 0 aliphatic carbocycles. The van der Waals surface area contributed by atoms with Gasteiger partial charge in [0.1, 0.15) is 0 Å². The summed E-state index contributed by atoms with van der Waals surface area (Å²) in [5.74, 6) is 0.774. The summed E-state index contributed by atoms with van der Waals surface area (Å²) in [6.07, 6.45) is 3.31. The lowest BCUT2D eigenvalue weighted by Crippen LogP contribution is -2.54. The summed E-state index contributed by atoms with van der Waals surface area (Å²) in [4.78, 5) is 23.0. The molecule has 17 heavy (non-hydrogen) atoms. The van der Waals surface area contributed by atoms with Crippen LogP contribution in [0.15, 0.2) is 0 Å². The van der Waals surface area contributed by atoms with Crippen molar-refractivity contribution in [3.63, 3.8) is 0 Å². The molecule has 2 fully saturated rings. The highest BCUT2D eigenvalue weighted by atomic mass is 16.2. The molecule has 3 unspecified atom stereocenters. The zero-order valence-electron chi connectivity index (χ0n) is 10.3. The highest BCUT2D eigenvalue weighted by molar-refractivity contribution is 5.83. The second-order valence-corrected chi connectivity index (χ2v) is 5.18. The van der Waals surface area contributed by atoms with Crippen LogP contribution < -0.4 is 16.0 Å². The maximum Gasteiger partial charge on any atom is 0.237 e. The van der Waals surface area contributed by atoms with Gasteiger partial charge in [0, 0.05) is 19.0 Å². The molecule has 0 aromatic rings. The summed E-state index contributed by atoms with van der Waals surface area (Å²) in [7, 11) is 0. The highest BCUT2D eigenvalue weighted by Gasteiger charge is 2.27. The van der Waals surface area contributed by atoms with E-state index >= 15 is 0 Å². The molecule has 0 spiro atoms. The van der Waals surface area contributed by atoms with Crippen molar-refractivity contribution in [1.29, 1.82) is 0 Å². The number of nitrogens with one attached hydrogen (secondary N) is 3. The molecule has 0 saturated carbocycles. The van der Waals surface area contributed by atoms with Crippen LogP contribution in [0.1, 0.15) is 32.6 Å². The third kappa shape index (κ3) is 3.43. The Hall–Kier alpha value is -1.10. The lowest BCUT2D eigenvalue weighted by molar-refractivity contribution is -0.127. The van der Waals surface area contributed by atoms with E-state index in [0.29, 0.717) is 18.9 Å². The van der Waals surface area contributed by atoms with E-state index in [-0.39, 0.29) is 23.9 Å². The molecule has 0 aromatic carbocycles. The molecule has 0 bridgehead atoms. The molecular formula is C12H21N3O2. The minimum absolute atomic E-state index is 0.0589. The van der Waals surface area contributed by atoms with Crippen molar-refractivity contribution in [2.45, 2.75) is 44.7 Å². The molecular weight excluding hydrogens is 218 g/mol. The first-order valence-corrected chi connectivity index (χ1v) is 6.45. The SMILES string of the molecule is CC1CCNC(C(=O)NC2CCC(=O)NC2)C1. The minimum atomic E-state index is -0.0589. The van der Waals surface area contributed by atoms with Gasteiger partial charge >= 0.3 is 0 Å². The first-order chi connectivity index (χ1) is 8.15. The maximum atomic E-state index is 12.0. The predicted octanol–water partition coefficient (Wildman–Crippen LogP) is -0.231. The topological polar surface area (TPSA) is 70.2 Å². The molecule has 0 aromatic heterocycles. The van der Waals surface area contributed by atoms with Gasteiger partial charge in [-0.1, -0.05) is 6.92 Å². The van der Waals surface area contributed by atoms with Crippen LogP contribution in [0, 0.1) is 5.92 Å². The summed E-state index contributed by atoms with van der Waals surface area (Å²) in [6.45, 7) is 3.66. The lowest BCUT2D eigenvalue weighted by Gasteiger charge is -2.30. The van der Waals surface area contributed by atoms with Crippen LogP contribution in [0.4, 0.5) is 0 Å². The monoisotopic (exact) mass is 239 g/mol. The highest BCUT2D eigenvalue weighted by Crippen LogP contribution is 2.15. The third-order valence-corrected chi connectivity index (χ3v) is 3.59. The van der Waals surface area contributed by atoms with Gasteiger partial charge in [-0.15, -0.1) is 0 Å². The summed E-state index contributed by atoms with van der Waals surface area (Å²) in [5.41, 5.74) is 0. The molecule has 5 heteroatoms. The number of hydrogen-bond acceptors (Lipinski definition) is 3. The van der Waals surface area contributed by atoms with Crippen LogP contribution >= 0.6 is 0 Å². The van der Waals surface area contributed by atoms with Crippen LogP contribution in [0.2, 0.25) is 0 Å². The second-order valence-electron chi connectivity index (χ2n) is 5.18. The molecule has 2 saturated heterocycles. The van der Waals surface area contributed by atoms with Crippen LogP contribution in [0.3, 0.4) is 0 Å². The van der Waals surface area contributed by atoms with Crippen molar-refractivity contribution in [1.82, 2.24) is 16.0 Å². The summed E-state index contributed by atoms with van der Waals surface area (Å²) < 4.78 is 0. The van der Waals surface area contributed by atoms with E-state index in [0.717, 1.165) is 25.8 Å². The molecule has 2 amide bonds. The number of rotatable bonds is 2. The van der Waals surface area contributed by atoms with E-state index in [1.54, 1.807) is 0 Å². The van der Waals surface area contributed by atoms with E-state index in [4.69, 9.17) is 0 Å². The van der Waals surface area contributed by atoms with Crippen LogP contribution in [0.5, 0.6) is 0 Å². The van der Waals surface area contributed by atoms with Gasteiger partial charge in [0.25, 0.3) is 0 Å². The zero-order chi connectivity index (χ0) is 12.3. The Labute approximate surface area is 102 Å². The Morgan fingerprint density at radius 1 is 1.41 bits per heavy atom. The van der Waals surface area contributed by atoms with Crippen LogP contribution in [-0.2, 0) is 9.59 Å². The molecule has 0 radical (unpaired) electrons. The van der Waals surface area contributed by atoms with Gasteiger partial charge in [-0.05, 0) is 31.7 Å². The fourth-order valence-electron chi connectivity index (χ4n) is 2.47. The molecule has 2 rings (SSSR count). The third-order valence-electron chi connectivity index (χ3n) is 3.59. The average Bonchev–Trinajstić information content (AvgIpc) is 2.32. The number of carbonyl (C=O) groups is 2. The lowest BCUT2D eigenvalue weighted by atomic mass is 9.93. The van der Waals surface area contributed by atoms with Crippen molar-refractivity contribution in [2.75, 3.05) is 13.1 Å². The normalized spacial score (nSPS) is 33.9. The number of amides is 2. The Bertz CT molecular complexity index is 296. The fourth-order valence-corrected chi connectivity index (χ4v) is 2.47. The predicted molar refractivity (Wildman–Crippen MR) is 64.4 cm³/mol. The Morgan fingerprint density at radius 3 is 2.88 bits per heavy atom. The minimum Gasteiger partial charge on any atom is -0.354 e. The Kier molecular flexibility index (Phi) is 3.99. The molecule has 3 atom stereocenters. The Balaban J connectivity index is 1.78. The summed E-state index contributed by atoms with van der Waals surface area (Å²) in [5, 5.41) is 9.04. The van der Waals surface area contributed by atoms with E-state index in [9.17, 15) is 9.59 Å². The fraction of sp³-hybridized carbons (Fsp3) is 0.833. The van der Waals surface area contributed by atoms with Gasteiger partial charge in [0.15, 0.2) is 0 Å². The average molecular weight is 239 g/mol. The molecule has 5 nitrogen and oxygen atoms in total. The van der Waals surface area contributed by atoms with Gasteiger partial charge in [-0.25, -0.2) is 0 Å². The number of hydrogen-bond donors (Lipinski definition) is 3.